The normalized spacial score (nSPS) is 14.6. The number of carbonyl (C=O) groups is 2. The van der Waals surface area contributed by atoms with Gasteiger partial charge in [0.2, 0.25) is 0 Å². The first kappa shape index (κ1) is 21.2. The van der Waals surface area contributed by atoms with E-state index in [0.29, 0.717) is 17.0 Å². The van der Waals surface area contributed by atoms with Crippen LogP contribution in [0.5, 0.6) is 11.5 Å². The van der Waals surface area contributed by atoms with Gasteiger partial charge in [-0.1, -0.05) is 12.1 Å². The highest BCUT2D eigenvalue weighted by Gasteiger charge is 2.37. The molecule has 0 bridgehead atoms. The van der Waals surface area contributed by atoms with Crippen molar-refractivity contribution in [1.29, 1.82) is 0 Å². The summed E-state index contributed by atoms with van der Waals surface area (Å²) in [6.45, 7) is 3.77. The highest BCUT2D eigenvalue weighted by Crippen LogP contribution is 2.31. The van der Waals surface area contributed by atoms with E-state index in [1.807, 2.05) is 13.8 Å². The molecule has 2 aromatic rings. The number of ether oxygens (including phenoxy) is 2. The van der Waals surface area contributed by atoms with Crippen molar-refractivity contribution < 1.29 is 32.2 Å². The van der Waals surface area contributed by atoms with Crippen LogP contribution < -0.4 is 14.8 Å². The third-order valence-electron chi connectivity index (χ3n) is 4.16. The van der Waals surface area contributed by atoms with Gasteiger partial charge in [0.05, 0.1) is 11.7 Å². The number of benzene rings is 2. The summed E-state index contributed by atoms with van der Waals surface area (Å²) in [6.07, 6.45) is -4.82. The van der Waals surface area contributed by atoms with Crippen LogP contribution in [0, 0.1) is 0 Å². The Balaban J connectivity index is 1.90. The second-order valence-corrected chi connectivity index (χ2v) is 6.81. The van der Waals surface area contributed by atoms with Gasteiger partial charge in [0, 0.05) is 12.7 Å². The molecule has 0 aliphatic carbocycles. The van der Waals surface area contributed by atoms with E-state index in [9.17, 15) is 22.8 Å². The Labute approximate surface area is 170 Å². The minimum Gasteiger partial charge on any atom is -0.491 e. The summed E-state index contributed by atoms with van der Waals surface area (Å²) in [5, 5.41) is 2.84. The van der Waals surface area contributed by atoms with Crippen LogP contribution in [0.15, 0.2) is 54.2 Å². The number of halogens is 3. The van der Waals surface area contributed by atoms with Gasteiger partial charge in [-0.25, -0.2) is 0 Å². The standard InChI is InChI=1S/C21H19F3N2O4/c1-12(2)29-15-8-4-13(5-9-15)17-18(20(28)26(3)19(17)27)25-14-6-10-16(11-7-14)30-21(22,23)24/h4-12,25H,1-3H3. The highest BCUT2D eigenvalue weighted by atomic mass is 19.4. The highest BCUT2D eigenvalue weighted by molar-refractivity contribution is 6.36. The molecule has 1 N–H and O–H groups in total. The molecular formula is C21H19F3N2O4. The molecule has 0 radical (unpaired) electrons. The van der Waals surface area contributed by atoms with Crippen molar-refractivity contribution in [2.75, 3.05) is 12.4 Å². The Hall–Kier alpha value is -3.49. The zero-order valence-corrected chi connectivity index (χ0v) is 16.4. The fraction of sp³-hybridized carbons (Fsp3) is 0.238. The number of hydrogen-bond acceptors (Lipinski definition) is 5. The van der Waals surface area contributed by atoms with E-state index in [0.717, 1.165) is 17.0 Å². The maximum Gasteiger partial charge on any atom is 0.573 e. The van der Waals surface area contributed by atoms with Gasteiger partial charge < -0.3 is 14.8 Å². The van der Waals surface area contributed by atoms with E-state index in [1.54, 1.807) is 24.3 Å². The first-order valence-corrected chi connectivity index (χ1v) is 9.02. The lowest BCUT2D eigenvalue weighted by molar-refractivity contribution is -0.274. The lowest BCUT2D eigenvalue weighted by Crippen LogP contribution is -2.27. The van der Waals surface area contributed by atoms with Crippen LogP contribution in [0.4, 0.5) is 18.9 Å². The Morgan fingerprint density at radius 3 is 2.00 bits per heavy atom. The van der Waals surface area contributed by atoms with Crippen molar-refractivity contribution in [2.45, 2.75) is 26.3 Å². The summed E-state index contributed by atoms with van der Waals surface area (Å²) in [4.78, 5) is 26.1. The number of anilines is 1. The SMILES string of the molecule is CC(C)Oc1ccc(C2=C(Nc3ccc(OC(F)(F)F)cc3)C(=O)N(C)C2=O)cc1. The third-order valence-corrected chi connectivity index (χ3v) is 4.16. The first-order valence-electron chi connectivity index (χ1n) is 9.02. The number of likely N-dealkylation sites (N-methyl/N-ethyl adjacent to an activating group) is 1. The van der Waals surface area contributed by atoms with Gasteiger partial charge in [0.15, 0.2) is 0 Å². The van der Waals surface area contributed by atoms with Crippen LogP contribution >= 0.6 is 0 Å². The summed E-state index contributed by atoms with van der Waals surface area (Å²) < 4.78 is 46.3. The molecule has 0 unspecified atom stereocenters. The lowest BCUT2D eigenvalue weighted by atomic mass is 10.0. The van der Waals surface area contributed by atoms with Crippen molar-refractivity contribution >= 4 is 23.1 Å². The van der Waals surface area contributed by atoms with E-state index < -0.39 is 23.9 Å². The van der Waals surface area contributed by atoms with Gasteiger partial charge in [0.25, 0.3) is 11.8 Å². The van der Waals surface area contributed by atoms with E-state index in [-0.39, 0.29) is 17.4 Å². The number of amides is 2. The molecule has 9 heteroatoms. The second-order valence-electron chi connectivity index (χ2n) is 6.81. The minimum absolute atomic E-state index is 0.0163. The molecule has 30 heavy (non-hydrogen) atoms. The van der Waals surface area contributed by atoms with Gasteiger partial charge in [-0.15, -0.1) is 13.2 Å². The molecular weight excluding hydrogens is 401 g/mol. The molecule has 6 nitrogen and oxygen atoms in total. The Morgan fingerprint density at radius 1 is 0.900 bits per heavy atom. The maximum absolute atomic E-state index is 12.6. The zero-order chi connectivity index (χ0) is 22.1. The number of alkyl halides is 3. The maximum atomic E-state index is 12.6. The smallest absolute Gasteiger partial charge is 0.491 e. The summed E-state index contributed by atoms with van der Waals surface area (Å²) in [5.74, 6) is -0.812. The topological polar surface area (TPSA) is 67.9 Å². The van der Waals surface area contributed by atoms with Gasteiger partial charge >= 0.3 is 6.36 Å². The van der Waals surface area contributed by atoms with Crippen LogP contribution in [0.1, 0.15) is 19.4 Å². The molecule has 2 aromatic carbocycles. The molecule has 0 spiro atoms. The molecule has 0 aromatic heterocycles. The van der Waals surface area contributed by atoms with Crippen molar-refractivity contribution in [3.63, 3.8) is 0 Å². The van der Waals surface area contributed by atoms with Crippen molar-refractivity contribution in [3.8, 4) is 11.5 Å². The van der Waals surface area contributed by atoms with Crippen LogP contribution in [-0.4, -0.2) is 36.2 Å². The molecule has 1 aliphatic heterocycles. The average Bonchev–Trinajstić information content (AvgIpc) is 2.86. The molecule has 1 aliphatic rings. The van der Waals surface area contributed by atoms with E-state index in [1.165, 1.54) is 19.2 Å². The largest absolute Gasteiger partial charge is 0.573 e. The number of carbonyl (C=O) groups excluding carboxylic acids is 2. The number of nitrogens with one attached hydrogen (secondary N) is 1. The van der Waals surface area contributed by atoms with E-state index >= 15 is 0 Å². The predicted octanol–water partition coefficient (Wildman–Crippen LogP) is 4.19. The van der Waals surface area contributed by atoms with Gasteiger partial charge in [0.1, 0.15) is 17.2 Å². The Kier molecular flexibility index (Phi) is 5.73. The Bertz CT molecular complexity index is 981. The predicted molar refractivity (Wildman–Crippen MR) is 104 cm³/mol. The molecule has 158 valence electrons. The summed E-state index contributed by atoms with van der Waals surface area (Å²) in [6, 6.07) is 11.6. The number of rotatable bonds is 6. The van der Waals surface area contributed by atoms with Crippen molar-refractivity contribution in [3.05, 3.63) is 59.8 Å². The first-order chi connectivity index (χ1) is 14.0. The lowest BCUT2D eigenvalue weighted by Gasteiger charge is -2.12. The van der Waals surface area contributed by atoms with Crippen LogP contribution in [0.25, 0.3) is 5.57 Å². The van der Waals surface area contributed by atoms with Crippen LogP contribution in [-0.2, 0) is 9.59 Å². The second kappa shape index (κ2) is 8.10. The molecule has 1 heterocycles. The number of imide groups is 1. The monoisotopic (exact) mass is 420 g/mol. The molecule has 0 saturated carbocycles. The number of hydrogen-bond donors (Lipinski definition) is 1. The fourth-order valence-electron chi connectivity index (χ4n) is 2.88. The minimum atomic E-state index is -4.80. The molecule has 0 atom stereocenters. The molecule has 2 amide bonds. The van der Waals surface area contributed by atoms with Crippen LogP contribution in [0.2, 0.25) is 0 Å². The van der Waals surface area contributed by atoms with Gasteiger partial charge in [-0.3, -0.25) is 14.5 Å². The molecule has 3 rings (SSSR count). The third kappa shape index (κ3) is 4.73. The fourth-order valence-corrected chi connectivity index (χ4v) is 2.88. The van der Waals surface area contributed by atoms with E-state index in [2.05, 4.69) is 10.1 Å². The molecule has 0 fully saturated rings. The number of nitrogens with zero attached hydrogens (tertiary/aromatic N) is 1. The summed E-state index contributed by atoms with van der Waals surface area (Å²) in [7, 11) is 1.36. The van der Waals surface area contributed by atoms with Gasteiger partial charge in [-0.05, 0) is 55.8 Å². The van der Waals surface area contributed by atoms with E-state index in [4.69, 9.17) is 4.74 Å². The molecule has 0 saturated heterocycles. The van der Waals surface area contributed by atoms with Crippen molar-refractivity contribution in [2.24, 2.45) is 0 Å². The van der Waals surface area contributed by atoms with Crippen LogP contribution in [0.3, 0.4) is 0 Å². The van der Waals surface area contributed by atoms with Crippen molar-refractivity contribution in [1.82, 2.24) is 4.90 Å². The Morgan fingerprint density at radius 2 is 1.47 bits per heavy atom. The summed E-state index contributed by atoms with van der Waals surface area (Å²) in [5.41, 5.74) is 1.03. The summed E-state index contributed by atoms with van der Waals surface area (Å²) >= 11 is 0. The van der Waals surface area contributed by atoms with Gasteiger partial charge in [-0.2, -0.15) is 0 Å². The quantitative estimate of drug-likeness (QED) is 0.710. The zero-order valence-electron chi connectivity index (χ0n) is 16.4. The average molecular weight is 420 g/mol.